The first-order valence-corrected chi connectivity index (χ1v) is 22.2. The highest BCUT2D eigenvalue weighted by molar-refractivity contribution is 7.47. The molecule has 12 nitrogen and oxygen atoms in total. The first kappa shape index (κ1) is 51.6. The van der Waals surface area contributed by atoms with E-state index in [4.69, 9.17) is 29.6 Å². The van der Waals surface area contributed by atoms with Gasteiger partial charge in [-0.25, -0.2) is 4.57 Å². The third kappa shape index (κ3) is 32.3. The van der Waals surface area contributed by atoms with Crippen LogP contribution in [-0.2, 0) is 42.2 Å². The highest BCUT2D eigenvalue weighted by atomic mass is 31.2. The van der Waals surface area contributed by atoms with Crippen molar-refractivity contribution in [2.24, 2.45) is 5.73 Å². The van der Waals surface area contributed by atoms with Gasteiger partial charge in [0.1, 0.15) is 12.6 Å². The summed E-state index contributed by atoms with van der Waals surface area (Å²) in [5.74, 6) is -2.53. The molecule has 322 valence electrons. The zero-order valence-electron chi connectivity index (χ0n) is 34.3. The minimum Gasteiger partial charge on any atom is -0.480 e. The molecule has 0 aromatic heterocycles. The Balaban J connectivity index is 2.39. The molecular formula is C44H70NO11P. The average molecular weight is 820 g/mol. The molecule has 1 aliphatic rings. The summed E-state index contributed by atoms with van der Waals surface area (Å²) in [6.07, 6.45) is 44.0. The summed E-state index contributed by atoms with van der Waals surface area (Å²) in [5, 5.41) is 8.88. The number of phosphoric acid groups is 1. The predicted octanol–water partition coefficient (Wildman–Crippen LogP) is 9.71. The van der Waals surface area contributed by atoms with Gasteiger partial charge in [-0.3, -0.25) is 23.4 Å². The van der Waals surface area contributed by atoms with Gasteiger partial charge in [0.15, 0.2) is 6.10 Å². The fraction of sp³-hybridized carbons (Fsp3) is 0.614. The molecule has 1 fully saturated rings. The molecule has 3 unspecified atom stereocenters. The SMILES string of the molecule is CC/C=C\C/C=C\C/C=C\C/C=C\CCCCC(=O)O[C@H](COC(=O)CCC/C=C\CC1OC1C/C=C\C/C=C\CCCCC)COP(=O)(O)OC[C@H](N)C(=O)O. The van der Waals surface area contributed by atoms with Crippen LogP contribution in [0, 0.1) is 0 Å². The van der Waals surface area contributed by atoms with Gasteiger partial charge in [-0.15, -0.1) is 0 Å². The van der Waals surface area contributed by atoms with E-state index < -0.39 is 57.7 Å². The molecule has 0 saturated carbocycles. The number of epoxide rings is 1. The van der Waals surface area contributed by atoms with Gasteiger partial charge in [0.05, 0.1) is 25.4 Å². The largest absolute Gasteiger partial charge is 0.480 e. The molecule has 1 heterocycles. The monoisotopic (exact) mass is 819 g/mol. The second kappa shape index (κ2) is 34.6. The number of esters is 2. The van der Waals surface area contributed by atoms with Crippen molar-refractivity contribution in [2.75, 3.05) is 19.8 Å². The normalized spacial score (nSPS) is 18.2. The lowest BCUT2D eigenvalue weighted by molar-refractivity contribution is -0.161. The van der Waals surface area contributed by atoms with Crippen LogP contribution in [0.1, 0.15) is 129 Å². The molecule has 1 saturated heterocycles. The lowest BCUT2D eigenvalue weighted by Crippen LogP contribution is -2.34. The number of hydrogen-bond acceptors (Lipinski definition) is 10. The number of allylic oxidation sites excluding steroid dienone is 12. The van der Waals surface area contributed by atoms with Gasteiger partial charge in [0.2, 0.25) is 0 Å². The summed E-state index contributed by atoms with van der Waals surface area (Å²) in [7, 11) is -4.75. The molecule has 0 radical (unpaired) electrons. The minimum absolute atomic E-state index is 0.0885. The van der Waals surface area contributed by atoms with Crippen molar-refractivity contribution in [3.63, 3.8) is 0 Å². The maximum Gasteiger partial charge on any atom is 0.472 e. The topological polar surface area (TPSA) is 184 Å². The van der Waals surface area contributed by atoms with Crippen LogP contribution < -0.4 is 5.73 Å². The smallest absolute Gasteiger partial charge is 0.472 e. The number of phosphoric ester groups is 1. The maximum absolute atomic E-state index is 12.6. The molecule has 0 spiro atoms. The van der Waals surface area contributed by atoms with Crippen molar-refractivity contribution < 1.29 is 52.2 Å². The first-order valence-electron chi connectivity index (χ1n) is 20.7. The summed E-state index contributed by atoms with van der Waals surface area (Å²) in [4.78, 5) is 45.9. The Hall–Kier alpha value is -3.38. The summed E-state index contributed by atoms with van der Waals surface area (Å²) >= 11 is 0. The number of aliphatic carboxylic acids is 1. The van der Waals surface area contributed by atoms with E-state index in [9.17, 15) is 23.8 Å². The van der Waals surface area contributed by atoms with Crippen LogP contribution in [0.3, 0.4) is 0 Å². The van der Waals surface area contributed by atoms with E-state index in [0.29, 0.717) is 19.3 Å². The standard InChI is InChI=1S/C44H70NO11P/c1-3-5-7-9-11-13-14-15-16-17-18-20-22-24-30-34-43(47)55-38(36-53-57(50,51)54-37-39(45)44(48)49)35-52-42(46)33-29-26-25-28-32-41-40(56-41)31-27-23-21-19-12-10-8-6-4-2/h5,7,11-13,15-16,18-20,23,25,27-28,38-41H,3-4,6,8-10,14,17,21-22,24,26,29-37,45H2,1-2H3,(H,48,49)(H,50,51)/b7-5-,13-11-,16-15-,19-12-,20-18-,27-23-,28-25-/t38-,39+,40?,41?/m1/s1. The Labute approximate surface area is 341 Å². The van der Waals surface area contributed by atoms with Crippen molar-refractivity contribution in [1.82, 2.24) is 0 Å². The lowest BCUT2D eigenvalue weighted by Gasteiger charge is -2.20. The molecule has 0 bridgehead atoms. The Kier molecular flexibility index (Phi) is 31.4. The second-order valence-electron chi connectivity index (χ2n) is 13.8. The predicted molar refractivity (Wildman–Crippen MR) is 225 cm³/mol. The highest BCUT2D eigenvalue weighted by Crippen LogP contribution is 2.43. The zero-order chi connectivity index (χ0) is 41.8. The van der Waals surface area contributed by atoms with Crippen molar-refractivity contribution in [1.29, 1.82) is 0 Å². The summed E-state index contributed by atoms with van der Waals surface area (Å²) < 4.78 is 38.3. The van der Waals surface area contributed by atoms with E-state index in [2.05, 4.69) is 97.4 Å². The zero-order valence-corrected chi connectivity index (χ0v) is 35.2. The van der Waals surface area contributed by atoms with Crippen LogP contribution >= 0.6 is 7.82 Å². The minimum atomic E-state index is -4.75. The Morgan fingerprint density at radius 2 is 1.14 bits per heavy atom. The summed E-state index contributed by atoms with van der Waals surface area (Å²) in [6, 6.07) is -1.54. The molecule has 0 aliphatic carbocycles. The number of rotatable bonds is 36. The van der Waals surface area contributed by atoms with Crippen LogP contribution in [0.25, 0.3) is 0 Å². The fourth-order valence-corrected chi connectivity index (χ4v) is 5.92. The van der Waals surface area contributed by atoms with Crippen molar-refractivity contribution in [3.8, 4) is 0 Å². The van der Waals surface area contributed by atoms with E-state index in [1.165, 1.54) is 19.3 Å². The third-order valence-electron chi connectivity index (χ3n) is 8.53. The first-order chi connectivity index (χ1) is 27.6. The number of nitrogens with two attached hydrogens (primary N) is 1. The van der Waals surface area contributed by atoms with E-state index >= 15 is 0 Å². The van der Waals surface area contributed by atoms with E-state index in [1.54, 1.807) is 0 Å². The highest BCUT2D eigenvalue weighted by Gasteiger charge is 2.36. The number of carboxylic acids is 1. The molecule has 13 heteroatoms. The number of carboxylic acid groups (broad SMARTS) is 1. The van der Waals surface area contributed by atoms with Gasteiger partial charge in [0, 0.05) is 12.8 Å². The van der Waals surface area contributed by atoms with Crippen LogP contribution in [0.2, 0.25) is 0 Å². The second-order valence-corrected chi connectivity index (χ2v) is 15.2. The Bertz CT molecular complexity index is 1350. The van der Waals surface area contributed by atoms with E-state index in [0.717, 1.165) is 64.2 Å². The molecule has 57 heavy (non-hydrogen) atoms. The van der Waals surface area contributed by atoms with Crippen LogP contribution in [0.5, 0.6) is 0 Å². The molecular weight excluding hydrogens is 749 g/mol. The summed E-state index contributed by atoms with van der Waals surface area (Å²) in [5.41, 5.74) is 5.32. The molecule has 1 aliphatic heterocycles. The summed E-state index contributed by atoms with van der Waals surface area (Å²) in [6.45, 7) is 2.52. The molecule has 0 amide bonds. The van der Waals surface area contributed by atoms with Gasteiger partial charge in [0.25, 0.3) is 0 Å². The van der Waals surface area contributed by atoms with Gasteiger partial charge in [-0.2, -0.15) is 0 Å². The quantitative estimate of drug-likeness (QED) is 0.0179. The fourth-order valence-electron chi connectivity index (χ4n) is 5.15. The molecule has 1 rings (SSSR count). The van der Waals surface area contributed by atoms with Crippen LogP contribution in [-0.4, -0.2) is 72.1 Å². The van der Waals surface area contributed by atoms with Crippen molar-refractivity contribution in [2.45, 2.75) is 154 Å². The maximum atomic E-state index is 12.6. The molecule has 5 atom stereocenters. The lowest BCUT2D eigenvalue weighted by atomic mass is 10.1. The Morgan fingerprint density at radius 1 is 0.649 bits per heavy atom. The molecule has 0 aromatic rings. The van der Waals surface area contributed by atoms with Gasteiger partial charge >= 0.3 is 25.7 Å². The molecule has 4 N–H and O–H groups in total. The number of unbranched alkanes of at least 4 members (excludes halogenated alkanes) is 6. The van der Waals surface area contributed by atoms with Crippen molar-refractivity contribution >= 4 is 25.7 Å². The van der Waals surface area contributed by atoms with Gasteiger partial charge in [-0.05, 0) is 89.9 Å². The van der Waals surface area contributed by atoms with Gasteiger partial charge in [-0.1, -0.05) is 112 Å². The van der Waals surface area contributed by atoms with E-state index in [-0.39, 0.29) is 25.0 Å². The number of ether oxygens (including phenoxy) is 3. The van der Waals surface area contributed by atoms with E-state index in [1.807, 2.05) is 6.08 Å². The van der Waals surface area contributed by atoms with Crippen LogP contribution in [0.15, 0.2) is 85.1 Å². The van der Waals surface area contributed by atoms with Crippen molar-refractivity contribution in [3.05, 3.63) is 85.1 Å². The number of carbonyl (C=O) groups is 3. The third-order valence-corrected chi connectivity index (χ3v) is 9.48. The average Bonchev–Trinajstić information content (AvgIpc) is 3.94. The number of carbonyl (C=O) groups excluding carboxylic acids is 2. The molecule has 0 aromatic carbocycles. The van der Waals surface area contributed by atoms with Gasteiger partial charge < -0.3 is 29.9 Å². The number of hydrogen-bond donors (Lipinski definition) is 3. The van der Waals surface area contributed by atoms with Crippen LogP contribution in [0.4, 0.5) is 0 Å². The Morgan fingerprint density at radius 3 is 1.74 bits per heavy atom.